The standard InChI is InChI=1S/C44H82NO10P/c1-3-5-7-9-11-13-15-16-17-18-19-20-21-22-23-24-26-27-29-31-33-35-42(47)45-41(44(49)50)39-55-56(51,52)54-38-40(46)37-53-43(48)36-34-32-30-28-25-14-12-10-8-6-4-2/h11,13,16-17,40-41,46H,3-10,12,14-15,18-39H2,1-2H3,(H,45,47)(H,49,50)(H,51,52)/b13-11-,17-16-. The molecule has 0 bridgehead atoms. The minimum atomic E-state index is -4.75. The molecule has 328 valence electrons. The molecule has 11 nitrogen and oxygen atoms in total. The second-order valence-electron chi connectivity index (χ2n) is 15.2. The monoisotopic (exact) mass is 816 g/mol. The van der Waals surface area contributed by atoms with E-state index in [-0.39, 0.29) is 12.8 Å². The van der Waals surface area contributed by atoms with Crippen LogP contribution >= 0.6 is 7.82 Å². The van der Waals surface area contributed by atoms with Crippen LogP contribution in [-0.4, -0.2) is 64.9 Å². The summed E-state index contributed by atoms with van der Waals surface area (Å²) in [5, 5.41) is 21.8. The van der Waals surface area contributed by atoms with Crippen molar-refractivity contribution in [2.24, 2.45) is 0 Å². The first-order chi connectivity index (χ1) is 27.1. The molecule has 3 unspecified atom stereocenters. The summed E-state index contributed by atoms with van der Waals surface area (Å²) in [4.78, 5) is 45.9. The van der Waals surface area contributed by atoms with Crippen LogP contribution in [-0.2, 0) is 32.7 Å². The van der Waals surface area contributed by atoms with E-state index in [2.05, 4.69) is 43.5 Å². The highest BCUT2D eigenvalue weighted by molar-refractivity contribution is 7.47. The second kappa shape index (κ2) is 39.8. The number of rotatable bonds is 42. The number of aliphatic hydroxyl groups is 1. The van der Waals surface area contributed by atoms with E-state index in [1.807, 2.05) is 0 Å². The van der Waals surface area contributed by atoms with Gasteiger partial charge in [-0.3, -0.25) is 18.6 Å². The third kappa shape index (κ3) is 38.8. The fourth-order valence-corrected chi connectivity index (χ4v) is 7.00. The normalized spacial score (nSPS) is 13.9. The Hall–Kier alpha value is -2.04. The third-order valence-electron chi connectivity index (χ3n) is 9.74. The molecule has 0 aliphatic carbocycles. The molecule has 0 saturated carbocycles. The van der Waals surface area contributed by atoms with Crippen molar-refractivity contribution in [3.05, 3.63) is 24.3 Å². The van der Waals surface area contributed by atoms with Gasteiger partial charge in [-0.05, 0) is 44.9 Å². The zero-order chi connectivity index (χ0) is 41.4. The number of esters is 1. The van der Waals surface area contributed by atoms with Gasteiger partial charge in [-0.15, -0.1) is 0 Å². The fraction of sp³-hybridized carbons (Fsp3) is 0.841. The summed E-state index contributed by atoms with van der Waals surface area (Å²) < 4.78 is 26.8. The quantitative estimate of drug-likeness (QED) is 0.0201. The molecule has 1 amide bonds. The Morgan fingerprint density at radius 3 is 1.48 bits per heavy atom. The second-order valence-corrected chi connectivity index (χ2v) is 16.7. The number of unbranched alkanes of at least 4 members (excludes halogenated alkanes) is 24. The van der Waals surface area contributed by atoms with Gasteiger partial charge in [-0.2, -0.15) is 0 Å². The molecule has 0 heterocycles. The number of aliphatic hydroxyl groups excluding tert-OH is 1. The molecule has 0 fully saturated rings. The number of ether oxygens (including phenoxy) is 1. The molecule has 3 atom stereocenters. The summed E-state index contributed by atoms with van der Waals surface area (Å²) >= 11 is 0. The summed E-state index contributed by atoms with van der Waals surface area (Å²) in [7, 11) is -4.75. The fourth-order valence-electron chi connectivity index (χ4n) is 6.23. The number of aliphatic carboxylic acids is 1. The van der Waals surface area contributed by atoms with Crippen LogP contribution in [0.4, 0.5) is 0 Å². The highest BCUT2D eigenvalue weighted by atomic mass is 31.2. The Morgan fingerprint density at radius 2 is 0.982 bits per heavy atom. The molecular weight excluding hydrogens is 733 g/mol. The smallest absolute Gasteiger partial charge is 0.472 e. The van der Waals surface area contributed by atoms with Gasteiger partial charge in [0, 0.05) is 12.8 Å². The van der Waals surface area contributed by atoms with Crippen molar-refractivity contribution in [1.82, 2.24) is 5.32 Å². The zero-order valence-electron chi connectivity index (χ0n) is 35.4. The van der Waals surface area contributed by atoms with E-state index in [0.717, 1.165) is 44.9 Å². The number of hydrogen-bond acceptors (Lipinski definition) is 8. The number of carboxylic acids is 1. The van der Waals surface area contributed by atoms with Gasteiger partial charge in [0.2, 0.25) is 5.91 Å². The minimum Gasteiger partial charge on any atom is -0.480 e. The highest BCUT2D eigenvalue weighted by Gasteiger charge is 2.28. The first-order valence-electron chi connectivity index (χ1n) is 22.4. The Kier molecular flexibility index (Phi) is 38.3. The van der Waals surface area contributed by atoms with Gasteiger partial charge in [0.15, 0.2) is 6.04 Å². The van der Waals surface area contributed by atoms with Gasteiger partial charge >= 0.3 is 19.8 Å². The molecule has 4 N–H and O–H groups in total. The lowest BCUT2D eigenvalue weighted by atomic mass is 10.0. The molecule has 12 heteroatoms. The summed E-state index contributed by atoms with van der Waals surface area (Å²) in [5.74, 6) is -2.37. The molecule has 0 aromatic heterocycles. The Bertz CT molecular complexity index is 1050. The van der Waals surface area contributed by atoms with E-state index in [1.54, 1.807) is 0 Å². The van der Waals surface area contributed by atoms with Crippen LogP contribution in [0.25, 0.3) is 0 Å². The minimum absolute atomic E-state index is 0.145. The average Bonchev–Trinajstić information content (AvgIpc) is 3.17. The van der Waals surface area contributed by atoms with E-state index < -0.39 is 57.6 Å². The van der Waals surface area contributed by atoms with Gasteiger partial charge < -0.3 is 25.2 Å². The molecular formula is C44H82NO10P. The number of allylic oxidation sites excluding steroid dienone is 4. The van der Waals surface area contributed by atoms with Crippen molar-refractivity contribution in [3.8, 4) is 0 Å². The molecule has 0 spiro atoms. The van der Waals surface area contributed by atoms with E-state index in [9.17, 15) is 34.1 Å². The van der Waals surface area contributed by atoms with Crippen molar-refractivity contribution in [3.63, 3.8) is 0 Å². The predicted molar refractivity (Wildman–Crippen MR) is 226 cm³/mol. The van der Waals surface area contributed by atoms with Gasteiger partial charge in [0.05, 0.1) is 13.2 Å². The van der Waals surface area contributed by atoms with Crippen LogP contribution in [0.2, 0.25) is 0 Å². The number of carbonyl (C=O) groups excluding carboxylic acids is 2. The average molecular weight is 816 g/mol. The summed E-state index contributed by atoms with van der Waals surface area (Å²) in [6.07, 6.45) is 40.6. The maximum Gasteiger partial charge on any atom is 0.472 e. The lowest BCUT2D eigenvalue weighted by molar-refractivity contribution is -0.147. The van der Waals surface area contributed by atoms with Crippen molar-refractivity contribution < 1.29 is 47.8 Å². The number of carbonyl (C=O) groups is 3. The Balaban J connectivity index is 3.87. The van der Waals surface area contributed by atoms with E-state index in [4.69, 9.17) is 13.8 Å². The van der Waals surface area contributed by atoms with Gasteiger partial charge in [0.25, 0.3) is 0 Å². The van der Waals surface area contributed by atoms with Gasteiger partial charge in [-0.25, -0.2) is 9.36 Å². The number of amides is 1. The highest BCUT2D eigenvalue weighted by Crippen LogP contribution is 2.43. The lowest BCUT2D eigenvalue weighted by Crippen LogP contribution is -2.43. The van der Waals surface area contributed by atoms with Crippen LogP contribution in [0.5, 0.6) is 0 Å². The van der Waals surface area contributed by atoms with E-state index >= 15 is 0 Å². The Labute approximate surface area is 340 Å². The Morgan fingerprint density at radius 1 is 0.571 bits per heavy atom. The van der Waals surface area contributed by atoms with Crippen LogP contribution in [0.15, 0.2) is 24.3 Å². The largest absolute Gasteiger partial charge is 0.480 e. The molecule has 0 rings (SSSR count). The van der Waals surface area contributed by atoms with Crippen LogP contribution in [0, 0.1) is 0 Å². The SMILES string of the molecule is CCCCC/C=C\C/C=C\CCCCCCCCCCCCCC(=O)NC(COP(=O)(O)OCC(O)COC(=O)CCCCCCCCCCCCC)C(=O)O. The maximum absolute atomic E-state index is 12.3. The van der Waals surface area contributed by atoms with Crippen molar-refractivity contribution in [2.45, 2.75) is 219 Å². The third-order valence-corrected chi connectivity index (χ3v) is 10.7. The van der Waals surface area contributed by atoms with E-state index in [0.29, 0.717) is 12.8 Å². The number of hydrogen-bond donors (Lipinski definition) is 4. The summed E-state index contributed by atoms with van der Waals surface area (Å²) in [5.41, 5.74) is 0. The van der Waals surface area contributed by atoms with Crippen molar-refractivity contribution in [2.75, 3.05) is 19.8 Å². The van der Waals surface area contributed by atoms with Crippen LogP contribution < -0.4 is 5.32 Å². The lowest BCUT2D eigenvalue weighted by Gasteiger charge is -2.18. The van der Waals surface area contributed by atoms with E-state index in [1.165, 1.54) is 122 Å². The number of phosphoric acid groups is 1. The summed E-state index contributed by atoms with van der Waals surface area (Å²) in [6.45, 7) is 2.57. The first kappa shape index (κ1) is 54.0. The van der Waals surface area contributed by atoms with Crippen LogP contribution in [0.1, 0.15) is 206 Å². The molecule has 0 aromatic rings. The first-order valence-corrected chi connectivity index (χ1v) is 23.9. The molecule has 0 saturated heterocycles. The van der Waals surface area contributed by atoms with Gasteiger partial charge in [-0.1, -0.05) is 173 Å². The number of nitrogens with one attached hydrogen (secondary N) is 1. The molecule has 0 aromatic carbocycles. The molecule has 56 heavy (non-hydrogen) atoms. The molecule has 0 radical (unpaired) electrons. The zero-order valence-corrected chi connectivity index (χ0v) is 36.3. The summed E-state index contributed by atoms with van der Waals surface area (Å²) in [6, 6.07) is -1.54. The number of phosphoric ester groups is 1. The predicted octanol–water partition coefficient (Wildman–Crippen LogP) is 11.4. The number of carboxylic acid groups (broad SMARTS) is 1. The molecule has 0 aliphatic heterocycles. The molecule has 0 aliphatic rings. The van der Waals surface area contributed by atoms with Gasteiger partial charge in [0.1, 0.15) is 12.7 Å². The maximum atomic E-state index is 12.3. The topological polar surface area (TPSA) is 169 Å². The van der Waals surface area contributed by atoms with Crippen molar-refractivity contribution >= 4 is 25.7 Å². The van der Waals surface area contributed by atoms with Crippen molar-refractivity contribution in [1.29, 1.82) is 0 Å². The van der Waals surface area contributed by atoms with Crippen LogP contribution in [0.3, 0.4) is 0 Å².